The van der Waals surface area contributed by atoms with Gasteiger partial charge in [0.1, 0.15) is 11.8 Å². The maximum atomic E-state index is 4.14. The number of hydrogen-bond acceptors (Lipinski definition) is 6. The first-order chi connectivity index (χ1) is 6.86. The zero-order chi connectivity index (χ0) is 9.97. The van der Waals surface area contributed by atoms with Crippen molar-refractivity contribution in [2.75, 3.05) is 19.2 Å². The molecule has 2 aromatic heterocycles. The number of nitrogens with one attached hydrogen (secondary N) is 3. The molecule has 0 atom stereocenters. The van der Waals surface area contributed by atoms with E-state index in [0.717, 1.165) is 5.52 Å². The predicted molar refractivity (Wildman–Crippen MR) is 52.3 cm³/mol. The Hall–Kier alpha value is -1.73. The zero-order valence-corrected chi connectivity index (χ0v) is 7.94. The molecule has 2 aromatic rings. The van der Waals surface area contributed by atoms with Crippen LogP contribution in [0.15, 0.2) is 12.7 Å². The number of hydrazine groups is 2. The standard InChI is InChI=1S/C7H11N7/c1-8-14(9-2)7-5-6(11-3-10-5)12-4-13-7/h3-4,8-9H,1-2H3,(H,10,11,12,13). The number of imidazole rings is 1. The van der Waals surface area contributed by atoms with Gasteiger partial charge < -0.3 is 4.98 Å². The molecular formula is C7H11N7. The largest absolute Gasteiger partial charge is 0.340 e. The Morgan fingerprint density at radius 3 is 2.71 bits per heavy atom. The van der Waals surface area contributed by atoms with Gasteiger partial charge in [-0.05, 0) is 0 Å². The highest BCUT2D eigenvalue weighted by Gasteiger charge is 2.10. The number of aromatic amines is 1. The van der Waals surface area contributed by atoms with E-state index in [9.17, 15) is 0 Å². The summed E-state index contributed by atoms with van der Waals surface area (Å²) in [5, 5.41) is 1.67. The second-order valence-corrected chi connectivity index (χ2v) is 2.58. The third kappa shape index (κ3) is 1.28. The summed E-state index contributed by atoms with van der Waals surface area (Å²) in [5.74, 6) is 0.706. The molecule has 0 spiro atoms. The number of nitrogens with zero attached hydrogens (tertiary/aromatic N) is 4. The van der Waals surface area contributed by atoms with Crippen LogP contribution in [0.2, 0.25) is 0 Å². The Bertz CT molecular complexity index is 419. The monoisotopic (exact) mass is 193 g/mol. The Morgan fingerprint density at radius 1 is 1.21 bits per heavy atom. The average Bonchev–Trinajstić information content (AvgIpc) is 2.68. The number of fused-ring (bicyclic) bond motifs is 1. The minimum absolute atomic E-state index is 0.644. The summed E-state index contributed by atoms with van der Waals surface area (Å²) in [6.07, 6.45) is 3.06. The van der Waals surface area contributed by atoms with E-state index in [0.29, 0.717) is 11.5 Å². The van der Waals surface area contributed by atoms with Crippen LogP contribution in [0.4, 0.5) is 5.82 Å². The highest BCUT2D eigenvalue weighted by molar-refractivity contribution is 5.82. The predicted octanol–water partition coefficient (Wildman–Crippen LogP) is -0.572. The normalized spacial score (nSPS) is 10.7. The number of H-pyrrole nitrogens is 1. The lowest BCUT2D eigenvalue weighted by Gasteiger charge is -2.20. The molecule has 0 saturated heterocycles. The van der Waals surface area contributed by atoms with E-state index in [1.807, 2.05) is 0 Å². The van der Waals surface area contributed by atoms with E-state index >= 15 is 0 Å². The lowest BCUT2D eigenvalue weighted by Crippen LogP contribution is -2.45. The van der Waals surface area contributed by atoms with E-state index in [2.05, 4.69) is 30.8 Å². The van der Waals surface area contributed by atoms with Gasteiger partial charge in [0, 0.05) is 14.1 Å². The molecule has 0 radical (unpaired) electrons. The van der Waals surface area contributed by atoms with E-state index in [1.54, 1.807) is 25.5 Å². The molecule has 74 valence electrons. The number of aromatic nitrogens is 4. The second kappa shape index (κ2) is 3.56. The van der Waals surface area contributed by atoms with Gasteiger partial charge in [0.2, 0.25) is 0 Å². The van der Waals surface area contributed by atoms with Crippen LogP contribution in [0.3, 0.4) is 0 Å². The Labute approximate surface area is 80.5 Å². The van der Waals surface area contributed by atoms with Crippen molar-refractivity contribution in [2.45, 2.75) is 0 Å². The van der Waals surface area contributed by atoms with Crippen LogP contribution >= 0.6 is 0 Å². The lowest BCUT2D eigenvalue weighted by atomic mass is 10.5. The van der Waals surface area contributed by atoms with Gasteiger partial charge in [-0.15, -0.1) is 0 Å². The molecular weight excluding hydrogens is 182 g/mol. The third-order valence-electron chi connectivity index (χ3n) is 1.86. The summed E-state index contributed by atoms with van der Waals surface area (Å²) < 4.78 is 0. The summed E-state index contributed by atoms with van der Waals surface area (Å²) in [4.78, 5) is 15.2. The number of rotatable bonds is 3. The Balaban J connectivity index is 2.54. The molecule has 0 aliphatic rings. The highest BCUT2D eigenvalue weighted by atomic mass is 15.7. The van der Waals surface area contributed by atoms with E-state index < -0.39 is 0 Å². The van der Waals surface area contributed by atoms with Gasteiger partial charge >= 0.3 is 0 Å². The summed E-state index contributed by atoms with van der Waals surface area (Å²) in [7, 11) is 3.58. The third-order valence-corrected chi connectivity index (χ3v) is 1.86. The molecule has 0 saturated carbocycles. The highest BCUT2D eigenvalue weighted by Crippen LogP contribution is 2.15. The van der Waals surface area contributed by atoms with Gasteiger partial charge in [-0.1, -0.05) is 0 Å². The van der Waals surface area contributed by atoms with Crippen LogP contribution in [0.1, 0.15) is 0 Å². The minimum atomic E-state index is 0.644. The SMILES string of the molecule is CNN(NC)c1ncnc2nc[nH]c12. The number of anilines is 1. The van der Waals surface area contributed by atoms with Crippen LogP contribution in [0.5, 0.6) is 0 Å². The first kappa shape index (κ1) is 8.85. The van der Waals surface area contributed by atoms with Crippen molar-refractivity contribution in [3.8, 4) is 0 Å². The quantitative estimate of drug-likeness (QED) is 0.566. The van der Waals surface area contributed by atoms with Crippen molar-refractivity contribution < 1.29 is 0 Å². The van der Waals surface area contributed by atoms with Gasteiger partial charge in [-0.25, -0.2) is 30.9 Å². The zero-order valence-electron chi connectivity index (χ0n) is 7.94. The van der Waals surface area contributed by atoms with Crippen molar-refractivity contribution in [3.63, 3.8) is 0 Å². The molecule has 0 aliphatic carbocycles. The van der Waals surface area contributed by atoms with E-state index in [4.69, 9.17) is 0 Å². The summed E-state index contributed by atoms with van der Waals surface area (Å²) in [6, 6.07) is 0. The minimum Gasteiger partial charge on any atom is -0.340 e. The van der Waals surface area contributed by atoms with E-state index in [-0.39, 0.29) is 0 Å². The van der Waals surface area contributed by atoms with Crippen molar-refractivity contribution in [1.82, 2.24) is 30.8 Å². The molecule has 14 heavy (non-hydrogen) atoms. The molecule has 2 rings (SSSR count). The van der Waals surface area contributed by atoms with Gasteiger partial charge in [-0.3, -0.25) is 0 Å². The van der Waals surface area contributed by atoms with Crippen molar-refractivity contribution >= 4 is 17.0 Å². The van der Waals surface area contributed by atoms with Crippen molar-refractivity contribution in [1.29, 1.82) is 0 Å². The molecule has 0 aliphatic heterocycles. The summed E-state index contributed by atoms with van der Waals surface area (Å²) in [6.45, 7) is 0. The fraction of sp³-hybridized carbons (Fsp3) is 0.286. The maximum absolute atomic E-state index is 4.14. The van der Waals surface area contributed by atoms with Crippen LogP contribution < -0.4 is 16.0 Å². The summed E-state index contributed by atoms with van der Waals surface area (Å²) in [5.41, 5.74) is 7.30. The fourth-order valence-electron chi connectivity index (χ4n) is 1.25. The summed E-state index contributed by atoms with van der Waals surface area (Å²) >= 11 is 0. The van der Waals surface area contributed by atoms with E-state index in [1.165, 1.54) is 6.33 Å². The van der Waals surface area contributed by atoms with Crippen LogP contribution in [-0.2, 0) is 0 Å². The Morgan fingerprint density at radius 2 is 2.00 bits per heavy atom. The maximum Gasteiger partial charge on any atom is 0.187 e. The molecule has 0 aromatic carbocycles. The number of hydrogen-bond donors (Lipinski definition) is 3. The molecule has 0 unspecified atom stereocenters. The van der Waals surface area contributed by atoms with Crippen molar-refractivity contribution in [3.05, 3.63) is 12.7 Å². The molecule has 0 amide bonds. The molecule has 2 heterocycles. The van der Waals surface area contributed by atoms with Crippen LogP contribution in [0, 0.1) is 0 Å². The first-order valence-electron chi connectivity index (χ1n) is 4.15. The molecule has 0 fully saturated rings. The Kier molecular flexibility index (Phi) is 2.25. The van der Waals surface area contributed by atoms with Gasteiger partial charge in [0.15, 0.2) is 11.5 Å². The lowest BCUT2D eigenvalue weighted by molar-refractivity contribution is 0.616. The first-order valence-corrected chi connectivity index (χ1v) is 4.15. The van der Waals surface area contributed by atoms with Crippen LogP contribution in [0.25, 0.3) is 11.2 Å². The molecule has 7 heteroatoms. The smallest absolute Gasteiger partial charge is 0.187 e. The van der Waals surface area contributed by atoms with Crippen LogP contribution in [-0.4, -0.2) is 34.0 Å². The molecule has 7 nitrogen and oxygen atoms in total. The molecule has 0 bridgehead atoms. The second-order valence-electron chi connectivity index (χ2n) is 2.58. The topological polar surface area (TPSA) is 81.8 Å². The average molecular weight is 193 g/mol. The van der Waals surface area contributed by atoms with Gasteiger partial charge in [-0.2, -0.15) is 0 Å². The van der Waals surface area contributed by atoms with Gasteiger partial charge in [0.25, 0.3) is 0 Å². The fourth-order valence-corrected chi connectivity index (χ4v) is 1.25. The molecule has 3 N–H and O–H groups in total. The van der Waals surface area contributed by atoms with Crippen molar-refractivity contribution in [2.24, 2.45) is 0 Å². The van der Waals surface area contributed by atoms with Gasteiger partial charge in [0.05, 0.1) is 6.33 Å².